The molecule has 2 rings (SSSR count). The summed E-state index contributed by atoms with van der Waals surface area (Å²) in [6, 6.07) is 9.01. The first-order valence-corrected chi connectivity index (χ1v) is 9.92. The van der Waals surface area contributed by atoms with Crippen LogP contribution in [0, 0.1) is 20.8 Å². The van der Waals surface area contributed by atoms with E-state index in [1.807, 2.05) is 11.7 Å². The zero-order chi connectivity index (χ0) is 20.0. The molecular formula is C22H35N5. The minimum atomic E-state index is 0.277. The van der Waals surface area contributed by atoms with Gasteiger partial charge >= 0.3 is 0 Å². The smallest absolute Gasteiger partial charge is 0.191 e. The zero-order valence-corrected chi connectivity index (χ0v) is 17.9. The van der Waals surface area contributed by atoms with E-state index in [9.17, 15) is 0 Å². The molecule has 27 heavy (non-hydrogen) atoms. The van der Waals surface area contributed by atoms with Crippen molar-refractivity contribution in [3.63, 3.8) is 0 Å². The molecule has 2 aromatic rings. The average Bonchev–Trinajstić information content (AvgIpc) is 2.86. The third-order valence-corrected chi connectivity index (χ3v) is 5.07. The van der Waals surface area contributed by atoms with E-state index >= 15 is 0 Å². The van der Waals surface area contributed by atoms with E-state index in [1.165, 1.54) is 22.4 Å². The lowest BCUT2D eigenvalue weighted by Crippen LogP contribution is -2.43. The van der Waals surface area contributed by atoms with Gasteiger partial charge in [-0.15, -0.1) is 0 Å². The van der Waals surface area contributed by atoms with Gasteiger partial charge in [0.1, 0.15) is 0 Å². The molecule has 0 saturated heterocycles. The van der Waals surface area contributed by atoms with Gasteiger partial charge in [0.25, 0.3) is 0 Å². The summed E-state index contributed by atoms with van der Waals surface area (Å²) in [7, 11) is 2.00. The quantitative estimate of drug-likeness (QED) is 0.579. The van der Waals surface area contributed by atoms with Gasteiger partial charge in [-0.2, -0.15) is 5.10 Å². The summed E-state index contributed by atoms with van der Waals surface area (Å²) in [5.74, 6) is 1.27. The van der Waals surface area contributed by atoms with Gasteiger partial charge in [-0.3, -0.25) is 9.67 Å². The fourth-order valence-electron chi connectivity index (χ4n) is 3.25. The fourth-order valence-corrected chi connectivity index (χ4v) is 3.25. The number of benzene rings is 1. The molecule has 2 unspecified atom stereocenters. The van der Waals surface area contributed by atoms with Crippen molar-refractivity contribution in [2.24, 2.45) is 12.0 Å². The molecule has 2 atom stereocenters. The van der Waals surface area contributed by atoms with E-state index in [2.05, 4.69) is 81.5 Å². The molecular weight excluding hydrogens is 334 g/mol. The van der Waals surface area contributed by atoms with Crippen LogP contribution in [0.4, 0.5) is 0 Å². The summed E-state index contributed by atoms with van der Waals surface area (Å²) in [5, 5.41) is 11.4. The highest BCUT2D eigenvalue weighted by Gasteiger charge is 2.14. The van der Waals surface area contributed by atoms with Crippen LogP contribution in [0.1, 0.15) is 54.8 Å². The minimum absolute atomic E-state index is 0.277. The van der Waals surface area contributed by atoms with Crippen LogP contribution >= 0.6 is 0 Å². The lowest BCUT2D eigenvalue weighted by Gasteiger charge is -2.19. The Kier molecular flexibility index (Phi) is 7.45. The van der Waals surface area contributed by atoms with Crippen molar-refractivity contribution in [1.29, 1.82) is 0 Å². The Morgan fingerprint density at radius 2 is 1.81 bits per heavy atom. The van der Waals surface area contributed by atoms with Crippen LogP contribution in [0.25, 0.3) is 0 Å². The number of aromatic nitrogens is 2. The van der Waals surface area contributed by atoms with Gasteiger partial charge in [-0.1, -0.05) is 36.8 Å². The Balaban J connectivity index is 2.00. The highest BCUT2D eigenvalue weighted by molar-refractivity contribution is 5.80. The van der Waals surface area contributed by atoms with Crippen LogP contribution in [0.5, 0.6) is 0 Å². The molecule has 0 aliphatic heterocycles. The van der Waals surface area contributed by atoms with Crippen LogP contribution in [-0.4, -0.2) is 34.9 Å². The average molecular weight is 370 g/mol. The van der Waals surface area contributed by atoms with Crippen molar-refractivity contribution in [3.8, 4) is 0 Å². The van der Waals surface area contributed by atoms with Gasteiger partial charge in [0.15, 0.2) is 5.96 Å². The number of hydrogen-bond acceptors (Lipinski definition) is 2. The molecule has 0 fully saturated rings. The van der Waals surface area contributed by atoms with Crippen molar-refractivity contribution >= 4 is 5.96 Å². The Morgan fingerprint density at radius 3 is 2.37 bits per heavy atom. The summed E-state index contributed by atoms with van der Waals surface area (Å²) >= 11 is 0. The van der Waals surface area contributed by atoms with Crippen molar-refractivity contribution in [1.82, 2.24) is 20.4 Å². The molecule has 5 nitrogen and oxygen atoms in total. The molecule has 0 bridgehead atoms. The first-order chi connectivity index (χ1) is 12.8. The van der Waals surface area contributed by atoms with E-state index in [0.29, 0.717) is 5.92 Å². The van der Waals surface area contributed by atoms with E-state index < -0.39 is 0 Å². The number of nitrogens with one attached hydrogen (secondary N) is 2. The van der Waals surface area contributed by atoms with E-state index in [0.717, 1.165) is 31.2 Å². The van der Waals surface area contributed by atoms with Gasteiger partial charge in [-0.05, 0) is 52.2 Å². The molecule has 0 radical (unpaired) electrons. The van der Waals surface area contributed by atoms with Gasteiger partial charge < -0.3 is 10.6 Å². The van der Waals surface area contributed by atoms with Gasteiger partial charge in [0, 0.05) is 37.8 Å². The number of rotatable bonds is 7. The van der Waals surface area contributed by atoms with Gasteiger partial charge in [-0.25, -0.2) is 0 Å². The van der Waals surface area contributed by atoms with Crippen LogP contribution in [0.2, 0.25) is 0 Å². The largest absolute Gasteiger partial charge is 0.357 e. The third kappa shape index (κ3) is 5.84. The molecule has 0 aliphatic carbocycles. The van der Waals surface area contributed by atoms with Crippen LogP contribution in [-0.2, 0) is 13.5 Å². The Hall–Kier alpha value is -2.30. The second-order valence-corrected chi connectivity index (χ2v) is 7.55. The summed E-state index contributed by atoms with van der Waals surface area (Å²) in [4.78, 5) is 4.82. The van der Waals surface area contributed by atoms with Crippen molar-refractivity contribution in [3.05, 3.63) is 52.3 Å². The Labute approximate surface area is 164 Å². The van der Waals surface area contributed by atoms with Crippen molar-refractivity contribution in [2.45, 2.75) is 59.9 Å². The fraction of sp³-hybridized carbons (Fsp3) is 0.545. The van der Waals surface area contributed by atoms with Crippen molar-refractivity contribution in [2.75, 3.05) is 13.1 Å². The predicted octanol–water partition coefficient (Wildman–Crippen LogP) is 3.64. The number of nitrogens with zero attached hydrogens (tertiary/aromatic N) is 3. The summed E-state index contributed by atoms with van der Waals surface area (Å²) in [6.45, 7) is 14.5. The predicted molar refractivity (Wildman–Crippen MR) is 115 cm³/mol. The molecule has 0 saturated carbocycles. The summed E-state index contributed by atoms with van der Waals surface area (Å²) in [6.07, 6.45) is 0.934. The second-order valence-electron chi connectivity index (χ2n) is 7.55. The van der Waals surface area contributed by atoms with Crippen LogP contribution in [0.15, 0.2) is 29.3 Å². The molecule has 2 N–H and O–H groups in total. The SMILES string of the molecule is CCNC(=NCC(C)c1ccc(C)cc1)NC(C)Cc1c(C)nn(C)c1C. The molecule has 1 aromatic carbocycles. The first kappa shape index (κ1) is 21.0. The standard InChI is InChI=1S/C22H35N5/c1-8-23-22(24-14-16(3)20-11-9-15(2)10-12-20)25-17(4)13-21-18(5)26-27(7)19(21)6/h9-12,16-17H,8,13-14H2,1-7H3,(H2,23,24,25). The van der Waals surface area contributed by atoms with E-state index in [1.54, 1.807) is 0 Å². The molecule has 0 spiro atoms. The number of hydrogen-bond donors (Lipinski definition) is 2. The number of aliphatic imine (C=N–C) groups is 1. The Morgan fingerprint density at radius 1 is 1.15 bits per heavy atom. The van der Waals surface area contributed by atoms with Gasteiger partial charge in [0.2, 0.25) is 0 Å². The molecule has 1 heterocycles. The van der Waals surface area contributed by atoms with Crippen LogP contribution < -0.4 is 10.6 Å². The lowest BCUT2D eigenvalue weighted by atomic mass is 10.0. The first-order valence-electron chi connectivity index (χ1n) is 9.92. The second kappa shape index (κ2) is 9.58. The van der Waals surface area contributed by atoms with E-state index in [4.69, 9.17) is 4.99 Å². The molecule has 0 aliphatic rings. The van der Waals surface area contributed by atoms with Gasteiger partial charge in [0.05, 0.1) is 5.69 Å². The van der Waals surface area contributed by atoms with Crippen molar-refractivity contribution < 1.29 is 0 Å². The minimum Gasteiger partial charge on any atom is -0.357 e. The highest BCUT2D eigenvalue weighted by atomic mass is 15.3. The maximum absolute atomic E-state index is 4.82. The molecule has 1 aromatic heterocycles. The maximum atomic E-state index is 4.82. The molecule has 0 amide bonds. The topological polar surface area (TPSA) is 54.2 Å². The zero-order valence-electron chi connectivity index (χ0n) is 17.9. The third-order valence-electron chi connectivity index (χ3n) is 5.07. The number of guanidine groups is 1. The normalized spacial score (nSPS) is 14.1. The highest BCUT2D eigenvalue weighted by Crippen LogP contribution is 2.16. The summed E-state index contributed by atoms with van der Waals surface area (Å²) in [5.41, 5.74) is 6.28. The molecule has 148 valence electrons. The monoisotopic (exact) mass is 369 g/mol. The maximum Gasteiger partial charge on any atom is 0.191 e. The lowest BCUT2D eigenvalue weighted by molar-refractivity contribution is 0.632. The molecule has 5 heteroatoms. The summed E-state index contributed by atoms with van der Waals surface area (Å²) < 4.78 is 1.96. The van der Waals surface area contributed by atoms with E-state index in [-0.39, 0.29) is 6.04 Å². The Bertz CT molecular complexity index is 758. The van der Waals surface area contributed by atoms with Crippen LogP contribution in [0.3, 0.4) is 0 Å². The number of aryl methyl sites for hydroxylation is 3.